The number of nitrogens with zero attached hydrogens (tertiary/aromatic N) is 2. The van der Waals surface area contributed by atoms with Gasteiger partial charge >= 0.3 is 0 Å². The topological polar surface area (TPSA) is 86.3 Å². The van der Waals surface area contributed by atoms with Crippen LogP contribution in [0.4, 0.5) is 11.4 Å². The smallest absolute Gasteiger partial charge is 0.258 e. The van der Waals surface area contributed by atoms with E-state index in [1.54, 1.807) is 6.08 Å². The van der Waals surface area contributed by atoms with Gasteiger partial charge in [0.1, 0.15) is 0 Å². The second kappa shape index (κ2) is 7.25. The highest BCUT2D eigenvalue weighted by molar-refractivity contribution is 5.63. The Bertz CT molecular complexity index is 497. The van der Waals surface area contributed by atoms with Crippen molar-refractivity contribution in [1.82, 2.24) is 0 Å². The number of hydrogen-bond acceptors (Lipinski definition) is 4. The summed E-state index contributed by atoms with van der Waals surface area (Å²) in [6, 6.07) is 3.68. The molecule has 0 spiro atoms. The standard InChI is InChI=1S/C13H16N2O4/c1-2-3-4-5-6-7-11-8-9-12(14(16)17)10-13(11)15(18)19/h6-10H,2-5H2,1H3. The fraction of sp³-hybridized carbons (Fsp3) is 0.385. The maximum absolute atomic E-state index is 10.9. The van der Waals surface area contributed by atoms with Gasteiger partial charge in [-0.15, -0.1) is 0 Å². The molecule has 0 atom stereocenters. The Balaban J connectivity index is 2.88. The Kier molecular flexibility index (Phi) is 5.66. The molecule has 0 aliphatic carbocycles. The van der Waals surface area contributed by atoms with Crippen LogP contribution < -0.4 is 0 Å². The number of nitro groups is 2. The molecule has 0 amide bonds. The van der Waals surface area contributed by atoms with Crippen LogP contribution in [0.5, 0.6) is 0 Å². The first-order valence-corrected chi connectivity index (χ1v) is 6.15. The number of unbranched alkanes of at least 4 members (excludes halogenated alkanes) is 3. The Morgan fingerprint density at radius 2 is 1.89 bits per heavy atom. The van der Waals surface area contributed by atoms with Crippen LogP contribution >= 0.6 is 0 Å². The maximum Gasteiger partial charge on any atom is 0.283 e. The fourth-order valence-corrected chi connectivity index (χ4v) is 1.67. The van der Waals surface area contributed by atoms with Gasteiger partial charge in [-0.3, -0.25) is 20.2 Å². The molecule has 6 heteroatoms. The molecule has 0 N–H and O–H groups in total. The van der Waals surface area contributed by atoms with Crippen LogP contribution in [0.25, 0.3) is 6.08 Å². The van der Waals surface area contributed by atoms with Crippen molar-refractivity contribution < 1.29 is 9.85 Å². The molecule has 0 fully saturated rings. The zero-order valence-electron chi connectivity index (χ0n) is 10.7. The lowest BCUT2D eigenvalue weighted by Crippen LogP contribution is -1.94. The second-order valence-electron chi connectivity index (χ2n) is 4.16. The summed E-state index contributed by atoms with van der Waals surface area (Å²) in [5.74, 6) is 0. The van der Waals surface area contributed by atoms with E-state index < -0.39 is 9.85 Å². The summed E-state index contributed by atoms with van der Waals surface area (Å²) < 4.78 is 0. The zero-order chi connectivity index (χ0) is 14.3. The summed E-state index contributed by atoms with van der Waals surface area (Å²) in [4.78, 5) is 20.2. The van der Waals surface area contributed by atoms with Gasteiger partial charge in [-0.2, -0.15) is 0 Å². The van der Waals surface area contributed by atoms with Crippen LogP contribution in [0, 0.1) is 20.2 Å². The molecule has 1 aromatic carbocycles. The van der Waals surface area contributed by atoms with Gasteiger partial charge in [0, 0.05) is 6.07 Å². The molecule has 0 radical (unpaired) electrons. The van der Waals surface area contributed by atoms with Gasteiger partial charge in [-0.25, -0.2) is 0 Å². The van der Waals surface area contributed by atoms with E-state index in [4.69, 9.17) is 0 Å². The first-order valence-electron chi connectivity index (χ1n) is 6.15. The third-order valence-corrected chi connectivity index (χ3v) is 2.69. The monoisotopic (exact) mass is 264 g/mol. The minimum atomic E-state index is -0.637. The minimum Gasteiger partial charge on any atom is -0.258 e. The molecule has 0 unspecified atom stereocenters. The van der Waals surface area contributed by atoms with E-state index in [0.717, 1.165) is 31.7 Å². The van der Waals surface area contributed by atoms with Crippen molar-refractivity contribution >= 4 is 17.5 Å². The van der Waals surface area contributed by atoms with E-state index in [1.807, 2.05) is 6.08 Å². The lowest BCUT2D eigenvalue weighted by atomic mass is 10.1. The summed E-state index contributed by atoms with van der Waals surface area (Å²) in [7, 11) is 0. The van der Waals surface area contributed by atoms with Crippen molar-refractivity contribution in [3.63, 3.8) is 0 Å². The van der Waals surface area contributed by atoms with Gasteiger partial charge in [-0.1, -0.05) is 31.9 Å². The lowest BCUT2D eigenvalue weighted by Gasteiger charge is -1.98. The van der Waals surface area contributed by atoms with Crippen LogP contribution in [0.1, 0.15) is 38.2 Å². The molecule has 0 heterocycles. The van der Waals surface area contributed by atoms with E-state index >= 15 is 0 Å². The molecule has 0 saturated carbocycles. The van der Waals surface area contributed by atoms with Crippen molar-refractivity contribution in [3.8, 4) is 0 Å². The Morgan fingerprint density at radius 1 is 1.16 bits per heavy atom. The summed E-state index contributed by atoms with van der Waals surface area (Å²) in [5, 5.41) is 21.5. The quantitative estimate of drug-likeness (QED) is 0.421. The predicted octanol–water partition coefficient (Wildman–Crippen LogP) is 4.10. The van der Waals surface area contributed by atoms with Crippen molar-refractivity contribution in [2.24, 2.45) is 0 Å². The molecule has 0 bridgehead atoms. The number of nitro benzene ring substituents is 2. The predicted molar refractivity (Wildman–Crippen MR) is 72.9 cm³/mol. The molecule has 1 aromatic rings. The van der Waals surface area contributed by atoms with Crippen molar-refractivity contribution in [2.45, 2.75) is 32.6 Å². The molecule has 6 nitrogen and oxygen atoms in total. The van der Waals surface area contributed by atoms with Crippen molar-refractivity contribution in [1.29, 1.82) is 0 Å². The highest BCUT2D eigenvalue weighted by Crippen LogP contribution is 2.25. The first kappa shape index (κ1) is 14.8. The van der Waals surface area contributed by atoms with Crippen LogP contribution in [0.15, 0.2) is 24.3 Å². The number of rotatable bonds is 7. The molecule has 1 rings (SSSR count). The van der Waals surface area contributed by atoms with Crippen LogP contribution in [-0.2, 0) is 0 Å². The number of benzene rings is 1. The second-order valence-corrected chi connectivity index (χ2v) is 4.16. The third kappa shape index (κ3) is 4.50. The minimum absolute atomic E-state index is 0.235. The zero-order valence-corrected chi connectivity index (χ0v) is 10.7. The van der Waals surface area contributed by atoms with Crippen LogP contribution in [-0.4, -0.2) is 9.85 Å². The van der Waals surface area contributed by atoms with Crippen LogP contribution in [0.3, 0.4) is 0 Å². The van der Waals surface area contributed by atoms with Gasteiger partial charge in [-0.05, 0) is 18.9 Å². The van der Waals surface area contributed by atoms with Crippen LogP contribution in [0.2, 0.25) is 0 Å². The highest BCUT2D eigenvalue weighted by atomic mass is 16.6. The normalized spacial score (nSPS) is 10.8. The van der Waals surface area contributed by atoms with Gasteiger partial charge < -0.3 is 0 Å². The van der Waals surface area contributed by atoms with Crippen molar-refractivity contribution in [2.75, 3.05) is 0 Å². The third-order valence-electron chi connectivity index (χ3n) is 2.69. The van der Waals surface area contributed by atoms with Gasteiger partial charge in [0.05, 0.1) is 21.5 Å². The van der Waals surface area contributed by atoms with E-state index in [0.29, 0.717) is 5.56 Å². The highest BCUT2D eigenvalue weighted by Gasteiger charge is 2.17. The molecule has 0 aliphatic heterocycles. The van der Waals surface area contributed by atoms with Gasteiger partial charge in [0.15, 0.2) is 0 Å². The summed E-state index contributed by atoms with van der Waals surface area (Å²) >= 11 is 0. The summed E-state index contributed by atoms with van der Waals surface area (Å²) in [6.45, 7) is 2.10. The molecule has 19 heavy (non-hydrogen) atoms. The molecule has 0 aromatic heterocycles. The van der Waals surface area contributed by atoms with E-state index in [-0.39, 0.29) is 11.4 Å². The number of hydrogen-bond donors (Lipinski definition) is 0. The molecular weight excluding hydrogens is 248 g/mol. The molecular formula is C13H16N2O4. The maximum atomic E-state index is 10.9. The van der Waals surface area contributed by atoms with E-state index in [9.17, 15) is 20.2 Å². The molecule has 0 aliphatic rings. The lowest BCUT2D eigenvalue weighted by molar-refractivity contribution is -0.394. The Morgan fingerprint density at radius 3 is 2.47 bits per heavy atom. The number of non-ortho nitro benzene ring substituents is 1. The fourth-order valence-electron chi connectivity index (χ4n) is 1.67. The number of allylic oxidation sites excluding steroid dienone is 1. The molecule has 102 valence electrons. The van der Waals surface area contributed by atoms with Gasteiger partial charge in [0.25, 0.3) is 11.4 Å². The first-order chi connectivity index (χ1) is 9.06. The van der Waals surface area contributed by atoms with E-state index in [2.05, 4.69) is 6.92 Å². The average Bonchev–Trinajstić information content (AvgIpc) is 2.38. The summed E-state index contributed by atoms with van der Waals surface area (Å²) in [6.07, 6.45) is 7.63. The Hall–Kier alpha value is -2.24. The molecule has 0 saturated heterocycles. The largest absolute Gasteiger partial charge is 0.283 e. The average molecular weight is 264 g/mol. The SMILES string of the molecule is CCCCCC=Cc1ccc([N+](=O)[O-])cc1[N+](=O)[O-]. The van der Waals surface area contributed by atoms with E-state index in [1.165, 1.54) is 12.1 Å². The van der Waals surface area contributed by atoms with Crippen molar-refractivity contribution in [3.05, 3.63) is 50.1 Å². The Labute approximate surface area is 111 Å². The summed E-state index contributed by atoms with van der Waals surface area (Å²) in [5.41, 5.74) is -0.108. The van der Waals surface area contributed by atoms with Gasteiger partial charge in [0.2, 0.25) is 0 Å².